The molecule has 0 radical (unpaired) electrons. The maximum absolute atomic E-state index is 10.8. The van der Waals surface area contributed by atoms with Crippen LogP contribution in [0, 0.1) is 5.92 Å². The van der Waals surface area contributed by atoms with Crippen LogP contribution in [0.4, 0.5) is 0 Å². The second-order valence-corrected chi connectivity index (χ2v) is 6.32. The highest BCUT2D eigenvalue weighted by atomic mass is 32.2. The highest BCUT2D eigenvalue weighted by Gasteiger charge is 2.31. The summed E-state index contributed by atoms with van der Waals surface area (Å²) in [6, 6.07) is 6.17. The molecule has 1 heterocycles. The molecule has 112 valence electrons. The fourth-order valence-electron chi connectivity index (χ4n) is 2.59. The van der Waals surface area contributed by atoms with Gasteiger partial charge in [0.15, 0.2) is 5.16 Å². The second kappa shape index (κ2) is 5.60. The molecule has 1 aromatic carbocycles. The summed E-state index contributed by atoms with van der Waals surface area (Å²) in [5.74, 6) is 0.641. The topological polar surface area (TPSA) is 64.3 Å². The quantitative estimate of drug-likeness (QED) is 0.830. The highest BCUT2D eigenvalue weighted by Crippen LogP contribution is 2.42. The van der Waals surface area contributed by atoms with E-state index in [0.29, 0.717) is 12.0 Å². The van der Waals surface area contributed by atoms with Gasteiger partial charge in [-0.2, -0.15) is 0 Å². The van der Waals surface area contributed by atoms with Crippen molar-refractivity contribution in [1.29, 1.82) is 0 Å². The maximum atomic E-state index is 10.8. The number of hydrogen-bond acceptors (Lipinski definition) is 4. The third-order valence-electron chi connectivity index (χ3n) is 3.90. The van der Waals surface area contributed by atoms with E-state index in [9.17, 15) is 4.79 Å². The summed E-state index contributed by atoms with van der Waals surface area (Å²) in [5, 5.41) is 9.68. The Bertz CT molecular complexity index is 679. The van der Waals surface area contributed by atoms with Crippen molar-refractivity contribution in [2.45, 2.75) is 31.0 Å². The molecule has 0 spiro atoms. The zero-order chi connectivity index (χ0) is 15.0. The molecule has 0 bridgehead atoms. The Morgan fingerprint density at radius 1 is 1.57 bits per heavy atom. The molecule has 3 rings (SSSR count). The molecule has 1 fully saturated rings. The molecular weight excluding hydrogens is 288 g/mol. The van der Waals surface area contributed by atoms with Crippen molar-refractivity contribution < 1.29 is 14.6 Å². The Balaban J connectivity index is 2.04. The molecule has 0 aliphatic heterocycles. The van der Waals surface area contributed by atoms with E-state index in [1.165, 1.54) is 24.6 Å². The number of fused-ring (bicyclic) bond motifs is 1. The van der Waals surface area contributed by atoms with Crippen molar-refractivity contribution >= 4 is 28.8 Å². The molecule has 1 unspecified atom stereocenters. The molecule has 2 aromatic rings. The van der Waals surface area contributed by atoms with Crippen LogP contribution >= 0.6 is 11.8 Å². The number of thioether (sulfide) groups is 1. The van der Waals surface area contributed by atoms with Gasteiger partial charge in [0.1, 0.15) is 5.75 Å². The molecule has 1 atom stereocenters. The van der Waals surface area contributed by atoms with Crippen molar-refractivity contribution in [1.82, 2.24) is 9.55 Å². The van der Waals surface area contributed by atoms with Crippen LogP contribution < -0.4 is 4.74 Å². The summed E-state index contributed by atoms with van der Waals surface area (Å²) in [7, 11) is 1.63. The van der Waals surface area contributed by atoms with Gasteiger partial charge in [0.05, 0.1) is 23.9 Å². The summed E-state index contributed by atoms with van der Waals surface area (Å²) in [4.78, 5) is 15.4. The second-order valence-electron chi connectivity index (χ2n) is 5.38. The Kier molecular flexibility index (Phi) is 3.80. The first-order valence-electron chi connectivity index (χ1n) is 7.00. The van der Waals surface area contributed by atoms with Crippen molar-refractivity contribution in [3.8, 4) is 5.75 Å². The van der Waals surface area contributed by atoms with Crippen LogP contribution in [0.3, 0.4) is 0 Å². The molecule has 1 saturated carbocycles. The number of rotatable bonds is 6. The van der Waals surface area contributed by atoms with Gasteiger partial charge in [0, 0.05) is 12.1 Å². The molecule has 0 amide bonds. The van der Waals surface area contributed by atoms with Crippen LogP contribution in [0.5, 0.6) is 5.75 Å². The third kappa shape index (κ3) is 2.85. The molecule has 1 aliphatic rings. The lowest BCUT2D eigenvalue weighted by Crippen LogP contribution is -2.09. The number of carboxylic acids is 1. The van der Waals surface area contributed by atoms with E-state index >= 15 is 0 Å². The van der Waals surface area contributed by atoms with Gasteiger partial charge in [0.25, 0.3) is 0 Å². The fraction of sp³-hybridized carbons (Fsp3) is 0.467. The number of imidazole rings is 1. The van der Waals surface area contributed by atoms with Crippen LogP contribution in [0.25, 0.3) is 11.0 Å². The Morgan fingerprint density at radius 2 is 2.33 bits per heavy atom. The molecule has 1 N–H and O–H groups in total. The minimum absolute atomic E-state index is 0.0256. The Labute approximate surface area is 127 Å². The van der Waals surface area contributed by atoms with E-state index in [2.05, 4.69) is 16.5 Å². The van der Waals surface area contributed by atoms with Gasteiger partial charge >= 0.3 is 5.97 Å². The molecule has 6 heteroatoms. The van der Waals surface area contributed by atoms with Gasteiger partial charge in [-0.15, -0.1) is 0 Å². The van der Waals surface area contributed by atoms with Crippen molar-refractivity contribution in [3.63, 3.8) is 0 Å². The maximum Gasteiger partial charge on any atom is 0.313 e. The van der Waals surface area contributed by atoms with Gasteiger partial charge in [-0.05, 0) is 37.8 Å². The van der Waals surface area contributed by atoms with Crippen LogP contribution in [-0.2, 0) is 4.79 Å². The first-order valence-corrected chi connectivity index (χ1v) is 7.99. The monoisotopic (exact) mass is 306 g/mol. The molecule has 21 heavy (non-hydrogen) atoms. The molecule has 0 saturated heterocycles. The number of aromatic nitrogens is 2. The van der Waals surface area contributed by atoms with Crippen molar-refractivity contribution in [3.05, 3.63) is 18.2 Å². The SMILES string of the molecule is COc1ccc2c(c1)nc(SCC(=O)O)n2C(C)C1CC1. The van der Waals surface area contributed by atoms with Gasteiger partial charge < -0.3 is 14.4 Å². The zero-order valence-corrected chi connectivity index (χ0v) is 12.9. The van der Waals surface area contributed by atoms with Gasteiger partial charge in [-0.1, -0.05) is 11.8 Å². The van der Waals surface area contributed by atoms with Crippen molar-refractivity contribution in [2.75, 3.05) is 12.9 Å². The number of hydrogen-bond donors (Lipinski definition) is 1. The van der Waals surface area contributed by atoms with E-state index in [4.69, 9.17) is 9.84 Å². The number of nitrogens with zero attached hydrogens (tertiary/aromatic N) is 2. The molecule has 1 aliphatic carbocycles. The number of ether oxygens (including phenoxy) is 1. The normalized spacial score (nSPS) is 16.1. The number of aliphatic carboxylic acids is 1. The van der Waals surface area contributed by atoms with Crippen LogP contribution in [0.2, 0.25) is 0 Å². The number of benzene rings is 1. The Morgan fingerprint density at radius 3 is 2.95 bits per heavy atom. The summed E-state index contributed by atoms with van der Waals surface area (Å²) in [6.45, 7) is 2.19. The lowest BCUT2D eigenvalue weighted by Gasteiger charge is -2.16. The fourth-order valence-corrected chi connectivity index (χ4v) is 3.41. The van der Waals surface area contributed by atoms with Crippen LogP contribution in [0.15, 0.2) is 23.4 Å². The lowest BCUT2D eigenvalue weighted by molar-refractivity contribution is -0.133. The highest BCUT2D eigenvalue weighted by molar-refractivity contribution is 7.99. The average Bonchev–Trinajstić information content (AvgIpc) is 3.25. The largest absolute Gasteiger partial charge is 0.497 e. The summed E-state index contributed by atoms with van der Waals surface area (Å²) in [6.07, 6.45) is 2.47. The summed E-state index contributed by atoms with van der Waals surface area (Å²) >= 11 is 1.28. The Hall–Kier alpha value is -1.69. The predicted molar refractivity (Wildman–Crippen MR) is 82.1 cm³/mol. The first kappa shape index (κ1) is 14.3. The van der Waals surface area contributed by atoms with E-state index in [-0.39, 0.29) is 5.75 Å². The minimum Gasteiger partial charge on any atom is -0.497 e. The third-order valence-corrected chi connectivity index (χ3v) is 4.84. The van der Waals surface area contributed by atoms with E-state index in [1.54, 1.807) is 7.11 Å². The van der Waals surface area contributed by atoms with E-state index in [1.807, 2.05) is 18.2 Å². The molecular formula is C15H18N2O3S. The van der Waals surface area contributed by atoms with Crippen LogP contribution in [0.1, 0.15) is 25.8 Å². The van der Waals surface area contributed by atoms with E-state index < -0.39 is 5.97 Å². The molecule has 1 aromatic heterocycles. The lowest BCUT2D eigenvalue weighted by atomic mass is 10.2. The first-order chi connectivity index (χ1) is 10.1. The number of carboxylic acid groups (broad SMARTS) is 1. The van der Waals surface area contributed by atoms with Gasteiger partial charge in [-0.25, -0.2) is 4.98 Å². The van der Waals surface area contributed by atoms with Gasteiger partial charge in [0.2, 0.25) is 0 Å². The minimum atomic E-state index is -0.824. The van der Waals surface area contributed by atoms with E-state index in [0.717, 1.165) is 21.9 Å². The van der Waals surface area contributed by atoms with Crippen LogP contribution in [-0.4, -0.2) is 33.5 Å². The van der Waals surface area contributed by atoms with Gasteiger partial charge in [-0.3, -0.25) is 4.79 Å². The standard InChI is InChI=1S/C15H18N2O3S/c1-9(10-3-4-10)17-13-6-5-11(20-2)7-12(13)16-15(17)21-8-14(18)19/h5-7,9-10H,3-4,8H2,1-2H3,(H,18,19). The average molecular weight is 306 g/mol. The number of methoxy groups -OCH3 is 1. The smallest absolute Gasteiger partial charge is 0.313 e. The predicted octanol–water partition coefficient (Wildman–Crippen LogP) is 3.19. The summed E-state index contributed by atoms with van der Waals surface area (Å²) < 4.78 is 7.42. The summed E-state index contributed by atoms with van der Waals surface area (Å²) in [5.41, 5.74) is 1.90. The zero-order valence-electron chi connectivity index (χ0n) is 12.1. The number of carbonyl (C=O) groups is 1. The van der Waals surface area contributed by atoms with Crippen molar-refractivity contribution in [2.24, 2.45) is 5.92 Å². The molecule has 5 nitrogen and oxygen atoms in total.